The highest BCUT2D eigenvalue weighted by Crippen LogP contribution is 2.46. The molecule has 0 saturated heterocycles. The van der Waals surface area contributed by atoms with Gasteiger partial charge in [-0.15, -0.1) is 0 Å². The second kappa shape index (κ2) is 12.8. The van der Waals surface area contributed by atoms with E-state index in [1.165, 1.54) is 16.2 Å². The monoisotopic (exact) mass is 743 g/mol. The molecule has 0 aliphatic rings. The first kappa shape index (κ1) is 32.4. The van der Waals surface area contributed by atoms with Crippen LogP contribution in [-0.2, 0) is 0 Å². The Morgan fingerprint density at radius 1 is 0.431 bits per heavy atom. The molecule has 0 radical (unpaired) electrons. The highest BCUT2D eigenvalue weighted by atomic mass is 16.3. The lowest BCUT2D eigenvalue weighted by Crippen LogP contribution is -2.12. The summed E-state index contributed by atoms with van der Waals surface area (Å²) < 4.78 is 15.2. The van der Waals surface area contributed by atoms with Gasteiger partial charge in [-0.05, 0) is 89.1 Å². The van der Waals surface area contributed by atoms with Gasteiger partial charge in [-0.25, -0.2) is 4.98 Å². The number of anilines is 3. The van der Waals surface area contributed by atoms with Crippen molar-refractivity contribution >= 4 is 82.7 Å². The predicted molar refractivity (Wildman–Crippen MR) is 239 cm³/mol. The number of aromatic nitrogens is 2. The van der Waals surface area contributed by atoms with Crippen LogP contribution in [0.25, 0.3) is 93.9 Å². The van der Waals surface area contributed by atoms with Gasteiger partial charge >= 0.3 is 0 Å². The van der Waals surface area contributed by atoms with E-state index in [2.05, 4.69) is 161 Å². The number of hydrogen-bond donors (Lipinski definition) is 0. The first-order valence-corrected chi connectivity index (χ1v) is 19.5. The molecule has 0 atom stereocenters. The van der Waals surface area contributed by atoms with E-state index in [1.54, 1.807) is 0 Å². The normalized spacial score (nSPS) is 11.8. The smallest absolute Gasteiger partial charge is 0.227 e. The van der Waals surface area contributed by atoms with Crippen molar-refractivity contribution in [3.63, 3.8) is 0 Å². The van der Waals surface area contributed by atoms with Crippen LogP contribution in [0.1, 0.15) is 0 Å². The van der Waals surface area contributed by atoms with E-state index in [9.17, 15) is 0 Å². The van der Waals surface area contributed by atoms with Crippen molar-refractivity contribution in [2.24, 2.45) is 0 Å². The Labute approximate surface area is 333 Å². The third-order valence-electron chi connectivity index (χ3n) is 11.4. The third-order valence-corrected chi connectivity index (χ3v) is 11.4. The summed E-state index contributed by atoms with van der Waals surface area (Å²) in [5.41, 5.74) is 12.7. The number of furan rings is 1. The van der Waals surface area contributed by atoms with Crippen LogP contribution in [0.3, 0.4) is 0 Å². The molecular formula is C53H33N3O2. The predicted octanol–water partition coefficient (Wildman–Crippen LogP) is 14.8. The standard InChI is InChI=1S/C53H33N3O2/c1-3-14-34(15-4-1)39-19-9-11-22-44(39)56(47-23-13-25-49-52(47)54-53(58-49)36-17-5-2-6-18-36)37-28-31-45-43(32-37)51-40-20-8-7-16-35(40)26-30-46(51)55(45)38-27-29-42-41-21-10-12-24-48(41)57-50(42)33-38/h1-33H. The van der Waals surface area contributed by atoms with Gasteiger partial charge in [-0.2, -0.15) is 0 Å². The minimum absolute atomic E-state index is 0.589. The maximum atomic E-state index is 6.46. The molecule has 5 nitrogen and oxygen atoms in total. The molecule has 58 heavy (non-hydrogen) atoms. The third kappa shape index (κ3) is 5.00. The van der Waals surface area contributed by atoms with Crippen molar-refractivity contribution in [2.75, 3.05) is 4.90 Å². The van der Waals surface area contributed by atoms with Gasteiger partial charge in [-0.1, -0.05) is 121 Å². The molecule has 0 spiro atoms. The van der Waals surface area contributed by atoms with Crippen molar-refractivity contribution in [3.8, 4) is 28.3 Å². The second-order valence-corrected chi connectivity index (χ2v) is 14.7. The lowest BCUT2D eigenvalue weighted by atomic mass is 10.0. The minimum Gasteiger partial charge on any atom is -0.456 e. The van der Waals surface area contributed by atoms with Gasteiger partial charge in [0.1, 0.15) is 16.7 Å². The summed E-state index contributed by atoms with van der Waals surface area (Å²) in [6.45, 7) is 0. The number of benzene rings is 9. The number of rotatable bonds is 6. The zero-order valence-corrected chi connectivity index (χ0v) is 31.2. The van der Waals surface area contributed by atoms with E-state index in [0.717, 1.165) is 88.9 Å². The number of para-hydroxylation sites is 3. The minimum atomic E-state index is 0.589. The van der Waals surface area contributed by atoms with Crippen LogP contribution in [0.2, 0.25) is 0 Å². The van der Waals surface area contributed by atoms with Gasteiger partial charge in [-0.3, -0.25) is 0 Å². The Morgan fingerprint density at radius 3 is 2.00 bits per heavy atom. The molecule has 12 rings (SSSR count). The molecule has 0 saturated carbocycles. The molecule has 5 heteroatoms. The van der Waals surface area contributed by atoms with Crippen molar-refractivity contribution in [1.29, 1.82) is 0 Å². The van der Waals surface area contributed by atoms with E-state index < -0.39 is 0 Å². The van der Waals surface area contributed by atoms with Crippen LogP contribution in [0, 0.1) is 0 Å². The largest absolute Gasteiger partial charge is 0.456 e. The quantitative estimate of drug-likeness (QED) is 0.170. The first-order valence-electron chi connectivity index (χ1n) is 19.5. The summed E-state index contributed by atoms with van der Waals surface area (Å²) in [7, 11) is 0. The van der Waals surface area contributed by atoms with E-state index in [4.69, 9.17) is 13.8 Å². The summed E-state index contributed by atoms with van der Waals surface area (Å²) in [6, 6.07) is 70.3. The molecule has 3 aromatic heterocycles. The number of oxazole rings is 1. The molecule has 272 valence electrons. The second-order valence-electron chi connectivity index (χ2n) is 14.7. The summed E-state index contributed by atoms with van der Waals surface area (Å²) in [4.78, 5) is 7.52. The Morgan fingerprint density at radius 2 is 1.12 bits per heavy atom. The van der Waals surface area contributed by atoms with Crippen molar-refractivity contribution in [1.82, 2.24) is 9.55 Å². The highest BCUT2D eigenvalue weighted by molar-refractivity contribution is 6.22. The van der Waals surface area contributed by atoms with Crippen LogP contribution in [0.5, 0.6) is 0 Å². The van der Waals surface area contributed by atoms with Crippen molar-refractivity contribution in [2.45, 2.75) is 0 Å². The Bertz CT molecular complexity index is 3520. The lowest BCUT2D eigenvalue weighted by Gasteiger charge is -2.28. The van der Waals surface area contributed by atoms with Gasteiger partial charge in [0.2, 0.25) is 5.89 Å². The van der Waals surface area contributed by atoms with E-state index in [1.807, 2.05) is 48.5 Å². The van der Waals surface area contributed by atoms with E-state index in [0.29, 0.717) is 5.89 Å². The summed E-state index contributed by atoms with van der Waals surface area (Å²) >= 11 is 0. The average molecular weight is 744 g/mol. The summed E-state index contributed by atoms with van der Waals surface area (Å²) in [6.07, 6.45) is 0. The molecular weight excluding hydrogens is 711 g/mol. The van der Waals surface area contributed by atoms with Crippen LogP contribution < -0.4 is 4.90 Å². The molecule has 9 aromatic carbocycles. The highest BCUT2D eigenvalue weighted by Gasteiger charge is 2.24. The number of hydrogen-bond acceptors (Lipinski definition) is 4. The maximum absolute atomic E-state index is 6.46. The maximum Gasteiger partial charge on any atom is 0.227 e. The zero-order chi connectivity index (χ0) is 38.2. The van der Waals surface area contributed by atoms with Crippen LogP contribution in [0.4, 0.5) is 17.1 Å². The van der Waals surface area contributed by atoms with Gasteiger partial charge < -0.3 is 18.3 Å². The van der Waals surface area contributed by atoms with E-state index in [-0.39, 0.29) is 0 Å². The Kier molecular flexibility index (Phi) is 7.16. The molecule has 0 unspecified atom stereocenters. The fourth-order valence-corrected chi connectivity index (χ4v) is 8.81. The molecule has 0 aliphatic heterocycles. The van der Waals surface area contributed by atoms with Crippen LogP contribution in [-0.4, -0.2) is 9.55 Å². The average Bonchev–Trinajstić information content (AvgIpc) is 3.99. The summed E-state index contributed by atoms with van der Waals surface area (Å²) in [5, 5.41) is 6.97. The van der Waals surface area contributed by atoms with Gasteiger partial charge in [0.25, 0.3) is 0 Å². The SMILES string of the molecule is c1ccc(-c2nc3c(N(c4ccc5c(c4)c4c6ccccc6ccc4n5-c4ccc5c(c4)oc4ccccc45)c4ccccc4-c4ccccc4)cccc3o2)cc1. The zero-order valence-electron chi connectivity index (χ0n) is 31.2. The van der Waals surface area contributed by atoms with Gasteiger partial charge in [0, 0.05) is 50.1 Å². The van der Waals surface area contributed by atoms with Crippen molar-refractivity contribution in [3.05, 3.63) is 200 Å². The van der Waals surface area contributed by atoms with Crippen LogP contribution >= 0.6 is 0 Å². The fraction of sp³-hybridized carbons (Fsp3) is 0. The van der Waals surface area contributed by atoms with Gasteiger partial charge in [0.05, 0.1) is 22.4 Å². The lowest BCUT2D eigenvalue weighted by molar-refractivity contribution is 0.620. The van der Waals surface area contributed by atoms with Crippen LogP contribution in [0.15, 0.2) is 209 Å². The molecule has 0 fully saturated rings. The van der Waals surface area contributed by atoms with E-state index >= 15 is 0 Å². The number of nitrogens with zero attached hydrogens (tertiary/aromatic N) is 3. The molecule has 12 aromatic rings. The first-order chi connectivity index (χ1) is 28.8. The topological polar surface area (TPSA) is 47.3 Å². The molecule has 0 bridgehead atoms. The molecule has 3 heterocycles. The molecule has 0 amide bonds. The number of fused-ring (bicyclic) bond motifs is 9. The molecule has 0 N–H and O–H groups in total. The Hall–Kier alpha value is -7.89. The summed E-state index contributed by atoms with van der Waals surface area (Å²) in [5.74, 6) is 0.589. The Balaban J connectivity index is 1.14. The van der Waals surface area contributed by atoms with Crippen molar-refractivity contribution < 1.29 is 8.83 Å². The molecule has 0 aliphatic carbocycles. The van der Waals surface area contributed by atoms with Gasteiger partial charge in [0.15, 0.2) is 5.58 Å². The fourth-order valence-electron chi connectivity index (χ4n) is 8.81.